The molecular formula is C11H13NO2S. The minimum absolute atomic E-state index is 0.252. The first-order valence-electron chi connectivity index (χ1n) is 4.78. The second-order valence-electron chi connectivity index (χ2n) is 3.25. The lowest BCUT2D eigenvalue weighted by atomic mass is 10.2. The van der Waals surface area contributed by atoms with Gasteiger partial charge in [-0.15, -0.1) is 16.7 Å². The van der Waals surface area contributed by atoms with Gasteiger partial charge in [-0.05, 0) is 31.2 Å². The number of amides is 1. The summed E-state index contributed by atoms with van der Waals surface area (Å²) in [6.07, 6.45) is 0.950. The molecule has 0 saturated heterocycles. The topological polar surface area (TPSA) is 46.5 Å². The van der Waals surface area contributed by atoms with E-state index in [4.69, 9.17) is 0 Å². The second-order valence-corrected chi connectivity index (χ2v) is 4.42. The molecule has 0 N–H and O–H groups in total. The molecule has 0 fully saturated rings. The van der Waals surface area contributed by atoms with Gasteiger partial charge in [-0.25, -0.2) is 0 Å². The molecule has 80 valence electrons. The number of hydrogen-bond acceptors (Lipinski definition) is 3. The first-order chi connectivity index (χ1) is 7.22. The lowest BCUT2D eigenvalue weighted by Gasteiger charge is -2.00. The van der Waals surface area contributed by atoms with Crippen LogP contribution in [0.15, 0.2) is 34.3 Å². The predicted molar refractivity (Wildman–Crippen MR) is 61.9 cm³/mol. The first-order valence-corrected chi connectivity index (χ1v) is 5.76. The number of carbonyl (C=O) groups is 1. The third kappa shape index (κ3) is 4.74. The maximum atomic E-state index is 10.6. The van der Waals surface area contributed by atoms with Gasteiger partial charge in [0, 0.05) is 16.5 Å². The zero-order valence-electron chi connectivity index (χ0n) is 8.60. The molecule has 0 aliphatic heterocycles. The van der Waals surface area contributed by atoms with Gasteiger partial charge in [0.25, 0.3) is 5.91 Å². The zero-order chi connectivity index (χ0) is 11.1. The van der Waals surface area contributed by atoms with E-state index in [2.05, 4.69) is 11.2 Å². The molecular weight excluding hydrogens is 210 g/mol. The van der Waals surface area contributed by atoms with E-state index in [0.717, 1.165) is 5.75 Å². The number of nitrogens with zero attached hydrogens (tertiary/aromatic N) is 1. The number of benzene rings is 1. The fraction of sp³-hybridized carbons (Fsp3) is 0.364. The van der Waals surface area contributed by atoms with Crippen LogP contribution >= 0.6 is 11.8 Å². The Morgan fingerprint density at radius 2 is 2.27 bits per heavy atom. The average molecular weight is 223 g/mol. The summed E-state index contributed by atoms with van der Waals surface area (Å²) < 4.78 is 0. The Bertz CT molecular complexity index is 352. The predicted octanol–water partition coefficient (Wildman–Crippen LogP) is 3.16. The molecule has 0 bridgehead atoms. The van der Waals surface area contributed by atoms with Crippen LogP contribution in [0.1, 0.15) is 18.4 Å². The maximum absolute atomic E-state index is 10.6. The molecule has 0 heterocycles. The average Bonchev–Trinajstić information content (AvgIpc) is 2.24. The summed E-state index contributed by atoms with van der Waals surface area (Å²) in [5.74, 6) is 0.282. The Labute approximate surface area is 93.2 Å². The van der Waals surface area contributed by atoms with Crippen molar-refractivity contribution < 1.29 is 4.79 Å². The van der Waals surface area contributed by atoms with Crippen LogP contribution in [0, 0.1) is 11.8 Å². The van der Waals surface area contributed by atoms with Crippen LogP contribution in [0.4, 0.5) is 0 Å². The van der Waals surface area contributed by atoms with E-state index in [9.17, 15) is 9.70 Å². The van der Waals surface area contributed by atoms with Crippen molar-refractivity contribution in [2.45, 2.75) is 24.7 Å². The van der Waals surface area contributed by atoms with Crippen LogP contribution in [0.2, 0.25) is 0 Å². The van der Waals surface area contributed by atoms with Gasteiger partial charge >= 0.3 is 0 Å². The minimum atomic E-state index is -0.556. The number of rotatable bonds is 5. The van der Waals surface area contributed by atoms with E-state index in [1.165, 1.54) is 10.5 Å². The number of nitroso groups, excluding NO2 is 1. The summed E-state index contributed by atoms with van der Waals surface area (Å²) in [5, 5.41) is 2.35. The van der Waals surface area contributed by atoms with Gasteiger partial charge in [0.05, 0.1) is 0 Å². The van der Waals surface area contributed by atoms with E-state index in [1.807, 2.05) is 25.1 Å². The highest BCUT2D eigenvalue weighted by molar-refractivity contribution is 7.99. The summed E-state index contributed by atoms with van der Waals surface area (Å²) in [6.45, 7) is 2.05. The van der Waals surface area contributed by atoms with E-state index < -0.39 is 5.91 Å². The van der Waals surface area contributed by atoms with Crippen molar-refractivity contribution in [3.63, 3.8) is 0 Å². The number of carbonyl (C=O) groups excluding carboxylic acids is 1. The van der Waals surface area contributed by atoms with Crippen molar-refractivity contribution in [2.75, 3.05) is 5.75 Å². The molecule has 1 rings (SSSR count). The molecule has 1 aromatic carbocycles. The molecule has 0 unspecified atom stereocenters. The van der Waals surface area contributed by atoms with Gasteiger partial charge in [0.1, 0.15) is 0 Å². The smallest absolute Gasteiger partial charge is 0.269 e. The molecule has 1 amide bonds. The highest BCUT2D eigenvalue weighted by Crippen LogP contribution is 2.20. The molecule has 0 aromatic heterocycles. The molecule has 4 heteroatoms. The molecule has 15 heavy (non-hydrogen) atoms. The third-order valence-corrected chi connectivity index (χ3v) is 2.98. The standard InChI is InChI=1S/C11H13NO2S/c1-9-4-2-5-10(8-9)15-7-3-6-11(13)12-14/h2,4-5,8H,3,6-7H2,1H3. The van der Waals surface area contributed by atoms with Crippen molar-refractivity contribution in [1.82, 2.24) is 0 Å². The summed E-state index contributed by atoms with van der Waals surface area (Å²) >= 11 is 1.69. The zero-order valence-corrected chi connectivity index (χ0v) is 9.42. The minimum Gasteiger partial charge on any atom is -0.269 e. The summed E-state index contributed by atoms with van der Waals surface area (Å²) in [6, 6.07) is 8.20. The van der Waals surface area contributed by atoms with Crippen LogP contribution < -0.4 is 0 Å². The van der Waals surface area contributed by atoms with Crippen LogP contribution in [0.5, 0.6) is 0 Å². The molecule has 0 radical (unpaired) electrons. The Balaban J connectivity index is 2.26. The van der Waals surface area contributed by atoms with Crippen LogP contribution in [-0.4, -0.2) is 11.7 Å². The van der Waals surface area contributed by atoms with Crippen molar-refractivity contribution in [2.24, 2.45) is 5.18 Å². The third-order valence-electron chi connectivity index (χ3n) is 1.90. The number of aryl methyl sites for hydroxylation is 1. The fourth-order valence-corrected chi connectivity index (χ4v) is 2.13. The largest absolute Gasteiger partial charge is 0.286 e. The molecule has 0 aliphatic carbocycles. The quantitative estimate of drug-likeness (QED) is 0.437. The van der Waals surface area contributed by atoms with Crippen molar-refractivity contribution in [1.29, 1.82) is 0 Å². The summed E-state index contributed by atoms with van der Waals surface area (Å²) in [4.78, 5) is 21.6. The van der Waals surface area contributed by atoms with Gasteiger partial charge in [-0.1, -0.05) is 17.7 Å². The van der Waals surface area contributed by atoms with Crippen molar-refractivity contribution in [3.05, 3.63) is 34.7 Å². The van der Waals surface area contributed by atoms with Crippen molar-refractivity contribution in [3.8, 4) is 0 Å². The highest BCUT2D eigenvalue weighted by atomic mass is 32.2. The van der Waals surface area contributed by atoms with Gasteiger partial charge in [0.15, 0.2) is 0 Å². The Kier molecular flexibility index (Phi) is 5.04. The van der Waals surface area contributed by atoms with Crippen LogP contribution in [-0.2, 0) is 4.79 Å². The number of hydrogen-bond donors (Lipinski definition) is 0. The van der Waals surface area contributed by atoms with Gasteiger partial charge in [-0.3, -0.25) is 4.79 Å². The number of thioether (sulfide) groups is 1. The lowest BCUT2D eigenvalue weighted by Crippen LogP contribution is -1.92. The van der Waals surface area contributed by atoms with Crippen LogP contribution in [0.25, 0.3) is 0 Å². The molecule has 0 spiro atoms. The van der Waals surface area contributed by atoms with E-state index in [1.54, 1.807) is 11.8 Å². The molecule has 0 atom stereocenters. The monoisotopic (exact) mass is 223 g/mol. The normalized spacial score (nSPS) is 9.93. The molecule has 0 saturated carbocycles. The summed E-state index contributed by atoms with van der Waals surface area (Å²) in [7, 11) is 0. The fourth-order valence-electron chi connectivity index (χ4n) is 1.16. The van der Waals surface area contributed by atoms with Gasteiger partial charge in [-0.2, -0.15) is 0 Å². The Hall–Kier alpha value is -1.16. The highest BCUT2D eigenvalue weighted by Gasteiger charge is 2.00. The molecule has 1 aromatic rings. The van der Waals surface area contributed by atoms with Gasteiger partial charge in [0.2, 0.25) is 0 Å². The SMILES string of the molecule is Cc1cccc(SCCCC(=O)N=O)c1. The molecule has 0 aliphatic rings. The Morgan fingerprint density at radius 3 is 2.93 bits per heavy atom. The second kappa shape index (κ2) is 6.35. The lowest BCUT2D eigenvalue weighted by molar-refractivity contribution is -0.117. The van der Waals surface area contributed by atoms with Crippen molar-refractivity contribution >= 4 is 17.7 Å². The summed E-state index contributed by atoms with van der Waals surface area (Å²) in [5.41, 5.74) is 1.23. The van der Waals surface area contributed by atoms with Crippen LogP contribution in [0.3, 0.4) is 0 Å². The van der Waals surface area contributed by atoms with E-state index in [-0.39, 0.29) is 6.42 Å². The maximum Gasteiger partial charge on any atom is 0.286 e. The Morgan fingerprint density at radius 1 is 1.47 bits per heavy atom. The molecule has 3 nitrogen and oxygen atoms in total. The first kappa shape index (κ1) is 11.9. The van der Waals surface area contributed by atoms with E-state index in [0.29, 0.717) is 6.42 Å². The van der Waals surface area contributed by atoms with E-state index >= 15 is 0 Å². The van der Waals surface area contributed by atoms with Gasteiger partial charge < -0.3 is 0 Å².